The Kier molecular flexibility index (Phi) is 8.18. The quantitative estimate of drug-likeness (QED) is 0.389. The lowest BCUT2D eigenvalue weighted by Crippen LogP contribution is -1.89. The van der Waals surface area contributed by atoms with Gasteiger partial charge in [0.1, 0.15) is 0 Å². The second-order valence-corrected chi connectivity index (χ2v) is 7.14. The molecular formula is C20H27P. The summed E-state index contributed by atoms with van der Waals surface area (Å²) in [7, 11) is 1.17. The van der Waals surface area contributed by atoms with Crippen LogP contribution in [-0.4, -0.2) is 12.3 Å². The van der Waals surface area contributed by atoms with Gasteiger partial charge in [0.15, 0.2) is 0 Å². The molecule has 2 aromatic rings. The van der Waals surface area contributed by atoms with Crippen molar-refractivity contribution in [3.8, 4) is 0 Å². The van der Waals surface area contributed by atoms with Crippen molar-refractivity contribution < 1.29 is 0 Å². The highest BCUT2D eigenvalue weighted by Gasteiger charge is 1.95. The smallest absolute Gasteiger partial charge is 0.0279 e. The van der Waals surface area contributed by atoms with Gasteiger partial charge < -0.3 is 0 Å². The molecule has 0 saturated heterocycles. The third-order valence-corrected chi connectivity index (χ3v) is 5.24. The molecule has 0 N–H and O–H groups in total. The maximum Gasteiger partial charge on any atom is -0.0279 e. The van der Waals surface area contributed by atoms with Crippen LogP contribution in [0.15, 0.2) is 60.7 Å². The van der Waals surface area contributed by atoms with E-state index in [-0.39, 0.29) is 0 Å². The number of hydrogen-bond donors (Lipinski definition) is 0. The minimum absolute atomic E-state index is 1.17. The van der Waals surface area contributed by atoms with Gasteiger partial charge in [-0.3, -0.25) is 0 Å². The molecule has 0 aliphatic rings. The minimum atomic E-state index is 1.17. The van der Waals surface area contributed by atoms with Crippen molar-refractivity contribution in [3.05, 3.63) is 71.8 Å². The van der Waals surface area contributed by atoms with E-state index < -0.39 is 0 Å². The van der Waals surface area contributed by atoms with Crippen LogP contribution in [0.25, 0.3) is 0 Å². The van der Waals surface area contributed by atoms with E-state index in [9.17, 15) is 0 Å². The third-order valence-electron chi connectivity index (χ3n) is 3.82. The molecule has 112 valence electrons. The molecule has 2 rings (SSSR count). The van der Waals surface area contributed by atoms with Crippen molar-refractivity contribution in [2.24, 2.45) is 0 Å². The fourth-order valence-electron chi connectivity index (χ4n) is 2.57. The molecule has 0 spiro atoms. The van der Waals surface area contributed by atoms with Gasteiger partial charge in [-0.25, -0.2) is 0 Å². The first-order valence-electron chi connectivity index (χ1n) is 8.24. The van der Waals surface area contributed by atoms with E-state index in [0.29, 0.717) is 0 Å². The standard InChI is InChI=1S/C20H27P/c1-3-11-19(12-4-1)15-7-9-17-21-18-10-8-16-20-13-5-2-6-14-20/h1-6,11-14,21H,7-10,15-18H2. The zero-order valence-electron chi connectivity index (χ0n) is 12.9. The van der Waals surface area contributed by atoms with Crippen LogP contribution in [0.2, 0.25) is 0 Å². The predicted molar refractivity (Wildman–Crippen MR) is 96.8 cm³/mol. The van der Waals surface area contributed by atoms with Crippen molar-refractivity contribution in [3.63, 3.8) is 0 Å². The number of unbranched alkanes of at least 4 members (excludes halogenated alkanes) is 2. The fourth-order valence-corrected chi connectivity index (χ4v) is 3.82. The summed E-state index contributed by atoms with van der Waals surface area (Å²) in [5, 5.41) is 0. The van der Waals surface area contributed by atoms with Gasteiger partial charge in [-0.15, -0.1) is 8.58 Å². The molecule has 0 aliphatic carbocycles. The van der Waals surface area contributed by atoms with E-state index in [1.54, 1.807) is 0 Å². The largest absolute Gasteiger partial charge is 0.122 e. The molecule has 21 heavy (non-hydrogen) atoms. The Hall–Kier alpha value is -1.13. The summed E-state index contributed by atoms with van der Waals surface area (Å²) < 4.78 is 0. The van der Waals surface area contributed by atoms with Gasteiger partial charge in [0, 0.05) is 0 Å². The highest BCUT2D eigenvalue weighted by atomic mass is 31.1. The molecule has 0 aromatic heterocycles. The van der Waals surface area contributed by atoms with Gasteiger partial charge in [0.2, 0.25) is 0 Å². The molecule has 0 fully saturated rings. The Labute approximate surface area is 131 Å². The molecule has 0 radical (unpaired) electrons. The molecule has 0 unspecified atom stereocenters. The Balaban J connectivity index is 1.40. The average molecular weight is 298 g/mol. The summed E-state index contributed by atoms with van der Waals surface area (Å²) in [6.45, 7) is 0. The van der Waals surface area contributed by atoms with Crippen LogP contribution >= 0.6 is 8.58 Å². The molecule has 0 aliphatic heterocycles. The van der Waals surface area contributed by atoms with Crippen LogP contribution in [0.4, 0.5) is 0 Å². The van der Waals surface area contributed by atoms with Gasteiger partial charge >= 0.3 is 0 Å². The van der Waals surface area contributed by atoms with Crippen molar-refractivity contribution in [1.29, 1.82) is 0 Å². The van der Waals surface area contributed by atoms with E-state index in [1.807, 2.05) is 0 Å². The fraction of sp³-hybridized carbons (Fsp3) is 0.400. The maximum absolute atomic E-state index is 2.24. The Morgan fingerprint density at radius 1 is 0.524 bits per heavy atom. The lowest BCUT2D eigenvalue weighted by molar-refractivity contribution is 0.788. The van der Waals surface area contributed by atoms with Crippen LogP contribution in [0.3, 0.4) is 0 Å². The molecule has 0 saturated carbocycles. The first kappa shape index (κ1) is 16.2. The lowest BCUT2D eigenvalue weighted by Gasteiger charge is -2.04. The number of rotatable bonds is 10. The zero-order chi connectivity index (χ0) is 14.6. The minimum Gasteiger partial charge on any atom is -0.122 e. The average Bonchev–Trinajstić information content (AvgIpc) is 2.55. The molecule has 0 nitrogen and oxygen atoms in total. The van der Waals surface area contributed by atoms with Crippen LogP contribution in [0.1, 0.15) is 36.8 Å². The molecule has 0 heterocycles. The molecule has 0 atom stereocenters. The number of benzene rings is 2. The zero-order valence-corrected chi connectivity index (χ0v) is 13.9. The lowest BCUT2D eigenvalue weighted by atomic mass is 10.1. The normalized spacial score (nSPS) is 10.7. The number of aryl methyl sites for hydroxylation is 2. The van der Waals surface area contributed by atoms with Gasteiger partial charge in [-0.05, 0) is 62.0 Å². The molecular weight excluding hydrogens is 271 g/mol. The van der Waals surface area contributed by atoms with Gasteiger partial charge in [0.05, 0.1) is 0 Å². The van der Waals surface area contributed by atoms with E-state index in [2.05, 4.69) is 60.7 Å². The van der Waals surface area contributed by atoms with Crippen molar-refractivity contribution >= 4 is 8.58 Å². The molecule has 2 aromatic carbocycles. The van der Waals surface area contributed by atoms with Crippen LogP contribution < -0.4 is 0 Å². The Bertz CT molecular complexity index is 418. The highest BCUT2D eigenvalue weighted by Crippen LogP contribution is 2.17. The van der Waals surface area contributed by atoms with Crippen molar-refractivity contribution in [1.82, 2.24) is 0 Å². The summed E-state index contributed by atoms with van der Waals surface area (Å²) in [5.74, 6) is 0. The van der Waals surface area contributed by atoms with Gasteiger partial charge in [-0.1, -0.05) is 60.7 Å². The van der Waals surface area contributed by atoms with E-state index in [0.717, 1.165) is 0 Å². The third kappa shape index (κ3) is 7.44. The van der Waals surface area contributed by atoms with E-state index in [4.69, 9.17) is 0 Å². The van der Waals surface area contributed by atoms with Crippen molar-refractivity contribution in [2.45, 2.75) is 38.5 Å². The summed E-state index contributed by atoms with van der Waals surface area (Å²) in [4.78, 5) is 0. The van der Waals surface area contributed by atoms with Gasteiger partial charge in [0.25, 0.3) is 0 Å². The summed E-state index contributed by atoms with van der Waals surface area (Å²) in [6.07, 6.45) is 10.8. The Morgan fingerprint density at radius 2 is 0.952 bits per heavy atom. The summed E-state index contributed by atoms with van der Waals surface area (Å²) in [6, 6.07) is 21.7. The molecule has 0 amide bonds. The SMILES string of the molecule is c1ccc(CCCCPCCCCc2ccccc2)cc1. The maximum atomic E-state index is 2.24. The molecule has 1 heteroatoms. The van der Waals surface area contributed by atoms with Crippen LogP contribution in [-0.2, 0) is 12.8 Å². The van der Waals surface area contributed by atoms with Gasteiger partial charge in [-0.2, -0.15) is 0 Å². The highest BCUT2D eigenvalue weighted by molar-refractivity contribution is 7.37. The van der Waals surface area contributed by atoms with Crippen LogP contribution in [0.5, 0.6) is 0 Å². The Morgan fingerprint density at radius 3 is 1.38 bits per heavy atom. The summed E-state index contributed by atoms with van der Waals surface area (Å²) in [5.41, 5.74) is 2.98. The second kappa shape index (κ2) is 10.6. The van der Waals surface area contributed by atoms with Crippen molar-refractivity contribution in [2.75, 3.05) is 12.3 Å². The molecule has 0 bridgehead atoms. The van der Waals surface area contributed by atoms with Crippen LogP contribution in [0, 0.1) is 0 Å². The van der Waals surface area contributed by atoms with E-state index >= 15 is 0 Å². The first-order valence-corrected chi connectivity index (χ1v) is 9.65. The monoisotopic (exact) mass is 298 g/mol. The predicted octanol–water partition coefficient (Wildman–Crippen LogP) is 5.71. The second-order valence-electron chi connectivity index (χ2n) is 5.64. The number of hydrogen-bond acceptors (Lipinski definition) is 0. The topological polar surface area (TPSA) is 0 Å². The van der Waals surface area contributed by atoms with E-state index in [1.165, 1.54) is 70.6 Å². The summed E-state index contributed by atoms with van der Waals surface area (Å²) >= 11 is 0. The first-order chi connectivity index (χ1) is 10.4.